The lowest BCUT2D eigenvalue weighted by atomic mass is 10.2. The van der Waals surface area contributed by atoms with Crippen molar-refractivity contribution in [1.29, 1.82) is 0 Å². The minimum atomic E-state index is -0.318. The lowest BCUT2D eigenvalue weighted by Crippen LogP contribution is -2.30. The van der Waals surface area contributed by atoms with Crippen LogP contribution in [0, 0.1) is 0 Å². The van der Waals surface area contributed by atoms with E-state index in [1.807, 2.05) is 0 Å². The van der Waals surface area contributed by atoms with E-state index in [0.29, 0.717) is 13.2 Å². The first kappa shape index (κ1) is 12.0. The fraction of sp³-hybridized carbons (Fsp3) is 0.800. The van der Waals surface area contributed by atoms with E-state index in [1.165, 1.54) is 0 Å². The summed E-state index contributed by atoms with van der Waals surface area (Å²) in [5.41, 5.74) is 0. The van der Waals surface area contributed by atoms with Gasteiger partial charge in [-0.1, -0.05) is 0 Å². The molecule has 0 aromatic rings. The second-order valence-corrected chi connectivity index (χ2v) is 3.46. The molecule has 1 saturated heterocycles. The molecule has 0 aromatic carbocycles. The normalized spacial score (nSPS) is 21.6. The highest BCUT2D eigenvalue weighted by Gasteiger charge is 2.07. The van der Waals surface area contributed by atoms with Crippen molar-refractivity contribution in [3.05, 3.63) is 0 Å². The Morgan fingerprint density at radius 2 is 1.27 bits per heavy atom. The number of esters is 2. The number of carbonyl (C=O) groups is 2. The molecule has 1 fully saturated rings. The maximum Gasteiger partial charge on any atom is 0.319 e. The molecular weight excluding hydrogens is 198 g/mol. The van der Waals surface area contributed by atoms with Crippen LogP contribution in [0.5, 0.6) is 0 Å². The number of hydrogen-bond donors (Lipinski definition) is 1. The molecule has 0 saturated carbocycles. The van der Waals surface area contributed by atoms with E-state index in [9.17, 15) is 9.59 Å². The van der Waals surface area contributed by atoms with Gasteiger partial charge in [0.05, 0.1) is 26.3 Å². The lowest BCUT2D eigenvalue weighted by Gasteiger charge is -2.04. The summed E-state index contributed by atoms with van der Waals surface area (Å²) in [5, 5.41) is 2.67. The van der Waals surface area contributed by atoms with Gasteiger partial charge in [0.1, 0.15) is 0 Å². The molecule has 0 atom stereocenters. The molecule has 5 nitrogen and oxygen atoms in total. The van der Waals surface area contributed by atoms with Crippen molar-refractivity contribution < 1.29 is 19.1 Å². The maximum absolute atomic E-state index is 11.1. The summed E-state index contributed by atoms with van der Waals surface area (Å²) in [6, 6.07) is 0. The fourth-order valence-electron chi connectivity index (χ4n) is 1.30. The van der Waals surface area contributed by atoms with Crippen LogP contribution < -0.4 is 5.32 Å². The van der Waals surface area contributed by atoms with Gasteiger partial charge in [-0.15, -0.1) is 0 Å². The molecule has 0 spiro atoms. The number of carbonyl (C=O) groups excluding carboxylic acids is 2. The molecule has 0 aromatic heterocycles. The van der Waals surface area contributed by atoms with Gasteiger partial charge in [-0.2, -0.15) is 0 Å². The van der Waals surface area contributed by atoms with E-state index in [2.05, 4.69) is 5.32 Å². The second kappa shape index (κ2) is 7.23. The first-order chi connectivity index (χ1) is 7.29. The highest BCUT2D eigenvalue weighted by atomic mass is 16.5. The van der Waals surface area contributed by atoms with E-state index >= 15 is 0 Å². The van der Waals surface area contributed by atoms with Crippen molar-refractivity contribution in [3.63, 3.8) is 0 Å². The molecule has 1 rings (SSSR count). The highest BCUT2D eigenvalue weighted by molar-refractivity contribution is 5.74. The number of hydrogen-bond acceptors (Lipinski definition) is 5. The van der Waals surface area contributed by atoms with Crippen molar-refractivity contribution in [2.45, 2.75) is 25.7 Å². The SMILES string of the molecule is O=C1CNCC(=O)OCCCCCCO1. The van der Waals surface area contributed by atoms with Gasteiger partial charge in [-0.3, -0.25) is 14.9 Å². The number of rotatable bonds is 0. The van der Waals surface area contributed by atoms with E-state index in [0.717, 1.165) is 25.7 Å². The first-order valence-corrected chi connectivity index (χ1v) is 5.31. The van der Waals surface area contributed by atoms with Crippen LogP contribution in [-0.4, -0.2) is 38.2 Å². The fourth-order valence-corrected chi connectivity index (χ4v) is 1.30. The zero-order chi connectivity index (χ0) is 10.9. The Bertz CT molecular complexity index is 195. The molecule has 15 heavy (non-hydrogen) atoms. The average molecular weight is 215 g/mol. The van der Waals surface area contributed by atoms with E-state index in [1.54, 1.807) is 0 Å². The van der Waals surface area contributed by atoms with Gasteiger partial charge in [0, 0.05) is 0 Å². The van der Waals surface area contributed by atoms with Crippen LogP contribution in [0.25, 0.3) is 0 Å². The average Bonchev–Trinajstić information content (AvgIpc) is 2.22. The Morgan fingerprint density at radius 1 is 0.800 bits per heavy atom. The third kappa shape index (κ3) is 6.06. The van der Waals surface area contributed by atoms with Gasteiger partial charge in [-0.05, 0) is 25.7 Å². The largest absolute Gasteiger partial charge is 0.465 e. The molecule has 0 unspecified atom stereocenters. The Hall–Kier alpha value is -1.10. The van der Waals surface area contributed by atoms with Crippen LogP contribution in [0.15, 0.2) is 0 Å². The Balaban J connectivity index is 2.27. The van der Waals surface area contributed by atoms with Crippen molar-refractivity contribution in [2.75, 3.05) is 26.3 Å². The van der Waals surface area contributed by atoms with Gasteiger partial charge >= 0.3 is 11.9 Å². The molecule has 1 aliphatic rings. The van der Waals surface area contributed by atoms with Gasteiger partial charge in [0.2, 0.25) is 0 Å². The minimum absolute atomic E-state index is 0.0646. The summed E-state index contributed by atoms with van der Waals surface area (Å²) < 4.78 is 9.87. The van der Waals surface area contributed by atoms with E-state index in [4.69, 9.17) is 9.47 Å². The molecule has 5 heteroatoms. The van der Waals surface area contributed by atoms with Gasteiger partial charge in [-0.25, -0.2) is 0 Å². The van der Waals surface area contributed by atoms with Gasteiger partial charge in [0.25, 0.3) is 0 Å². The lowest BCUT2D eigenvalue weighted by molar-refractivity contribution is -0.143. The van der Waals surface area contributed by atoms with Crippen LogP contribution in [0.2, 0.25) is 0 Å². The minimum Gasteiger partial charge on any atom is -0.465 e. The van der Waals surface area contributed by atoms with Crippen LogP contribution in [0.3, 0.4) is 0 Å². The predicted molar refractivity (Wildman–Crippen MR) is 53.3 cm³/mol. The third-order valence-electron chi connectivity index (χ3n) is 2.10. The first-order valence-electron chi connectivity index (χ1n) is 5.31. The standard InChI is InChI=1S/C10H17NO4/c12-9-7-11-8-10(13)15-6-4-2-1-3-5-14-9/h11H,1-8H2. The van der Waals surface area contributed by atoms with E-state index < -0.39 is 0 Å². The molecule has 86 valence electrons. The van der Waals surface area contributed by atoms with Crippen molar-refractivity contribution in [2.24, 2.45) is 0 Å². The molecule has 0 aliphatic carbocycles. The summed E-state index contributed by atoms with van der Waals surface area (Å²) in [6.07, 6.45) is 3.75. The molecule has 0 radical (unpaired) electrons. The topological polar surface area (TPSA) is 64.6 Å². The zero-order valence-corrected chi connectivity index (χ0v) is 8.79. The smallest absolute Gasteiger partial charge is 0.319 e. The van der Waals surface area contributed by atoms with Crippen molar-refractivity contribution in [3.8, 4) is 0 Å². The Morgan fingerprint density at radius 3 is 1.73 bits per heavy atom. The van der Waals surface area contributed by atoms with Crippen molar-refractivity contribution >= 4 is 11.9 Å². The Kier molecular flexibility index (Phi) is 5.77. The molecule has 1 heterocycles. The van der Waals surface area contributed by atoms with E-state index in [-0.39, 0.29) is 25.0 Å². The quantitative estimate of drug-likeness (QED) is 0.586. The van der Waals surface area contributed by atoms with Gasteiger partial charge in [0.15, 0.2) is 0 Å². The van der Waals surface area contributed by atoms with Crippen LogP contribution in [0.1, 0.15) is 25.7 Å². The maximum atomic E-state index is 11.1. The molecule has 1 aliphatic heterocycles. The van der Waals surface area contributed by atoms with Crippen molar-refractivity contribution in [1.82, 2.24) is 5.32 Å². The number of nitrogens with one attached hydrogen (secondary N) is 1. The second-order valence-electron chi connectivity index (χ2n) is 3.46. The molecule has 0 bridgehead atoms. The summed E-state index contributed by atoms with van der Waals surface area (Å²) in [6.45, 7) is 1.06. The summed E-state index contributed by atoms with van der Waals surface area (Å²) in [4.78, 5) is 22.1. The van der Waals surface area contributed by atoms with Crippen LogP contribution >= 0.6 is 0 Å². The highest BCUT2D eigenvalue weighted by Crippen LogP contribution is 2.01. The van der Waals surface area contributed by atoms with Gasteiger partial charge < -0.3 is 9.47 Å². The molecular formula is C10H17NO4. The summed E-state index contributed by atoms with van der Waals surface area (Å²) >= 11 is 0. The predicted octanol–water partition coefficient (Wildman–Crippen LogP) is 0.236. The zero-order valence-electron chi connectivity index (χ0n) is 8.79. The Labute approximate surface area is 89.1 Å². The third-order valence-corrected chi connectivity index (χ3v) is 2.10. The van der Waals surface area contributed by atoms with Crippen LogP contribution in [-0.2, 0) is 19.1 Å². The number of ether oxygens (including phenoxy) is 2. The summed E-state index contributed by atoms with van der Waals surface area (Å²) in [7, 11) is 0. The molecule has 1 N–H and O–H groups in total. The van der Waals surface area contributed by atoms with Crippen LogP contribution in [0.4, 0.5) is 0 Å². The monoisotopic (exact) mass is 215 g/mol. The number of cyclic esters (lactones) is 2. The molecule has 0 amide bonds. The summed E-state index contributed by atoms with van der Waals surface area (Å²) in [5.74, 6) is -0.635.